The lowest BCUT2D eigenvalue weighted by Gasteiger charge is -2.31. The number of aryl methyl sites for hydroxylation is 1. The fraction of sp³-hybridized carbons (Fsp3) is 0.381. The number of hydrogen-bond donors (Lipinski definition) is 0. The molecule has 2 aromatic carbocycles. The highest BCUT2D eigenvalue weighted by molar-refractivity contribution is 7.89. The van der Waals surface area contributed by atoms with Gasteiger partial charge in [0.05, 0.1) is 12.0 Å². The van der Waals surface area contributed by atoms with Gasteiger partial charge in [0.2, 0.25) is 10.0 Å². The second-order valence-corrected chi connectivity index (χ2v) is 8.73. The summed E-state index contributed by atoms with van der Waals surface area (Å²) >= 11 is 0. The third-order valence-electron chi connectivity index (χ3n) is 5.10. The van der Waals surface area contributed by atoms with Gasteiger partial charge in [-0.15, -0.1) is 0 Å². The second kappa shape index (κ2) is 8.23. The van der Waals surface area contributed by atoms with Crippen LogP contribution in [0.4, 0.5) is 0 Å². The molecule has 0 amide bonds. The van der Waals surface area contributed by atoms with Crippen molar-refractivity contribution in [2.75, 3.05) is 20.2 Å². The van der Waals surface area contributed by atoms with Crippen molar-refractivity contribution in [1.29, 1.82) is 0 Å². The van der Waals surface area contributed by atoms with Crippen molar-refractivity contribution in [3.05, 3.63) is 59.7 Å². The van der Waals surface area contributed by atoms with Crippen molar-refractivity contribution in [3.8, 4) is 5.75 Å². The second-order valence-electron chi connectivity index (χ2n) is 6.79. The third kappa shape index (κ3) is 4.22. The standard InChI is InChI=1S/C21H25NO4S/c1-3-16-6-12-20(13-7-16)27(24,25)22-14-4-5-18(15-22)21(23)17-8-10-19(26-2)11-9-17/h6-13,18H,3-5,14-15H2,1-2H3. The zero-order chi connectivity index (χ0) is 19.4. The molecule has 0 bridgehead atoms. The number of carbonyl (C=O) groups excluding carboxylic acids is 1. The molecule has 0 spiro atoms. The first-order valence-electron chi connectivity index (χ1n) is 9.23. The monoisotopic (exact) mass is 387 g/mol. The Hall–Kier alpha value is -2.18. The largest absolute Gasteiger partial charge is 0.497 e. The van der Waals surface area contributed by atoms with E-state index in [-0.39, 0.29) is 23.1 Å². The van der Waals surface area contributed by atoms with Crippen LogP contribution < -0.4 is 4.74 Å². The van der Waals surface area contributed by atoms with Crippen LogP contribution in [0.15, 0.2) is 53.4 Å². The van der Waals surface area contributed by atoms with Crippen LogP contribution in [0.3, 0.4) is 0 Å². The number of ketones is 1. The van der Waals surface area contributed by atoms with Gasteiger partial charge in [-0.1, -0.05) is 19.1 Å². The highest BCUT2D eigenvalue weighted by atomic mass is 32.2. The van der Waals surface area contributed by atoms with E-state index in [1.807, 2.05) is 19.1 Å². The molecule has 1 heterocycles. The summed E-state index contributed by atoms with van der Waals surface area (Å²) in [6.07, 6.45) is 2.24. The quantitative estimate of drug-likeness (QED) is 0.711. The Kier molecular flexibility index (Phi) is 5.97. The van der Waals surface area contributed by atoms with Crippen molar-refractivity contribution in [3.63, 3.8) is 0 Å². The molecular weight excluding hydrogens is 362 g/mol. The van der Waals surface area contributed by atoms with Crippen LogP contribution in [0.5, 0.6) is 5.75 Å². The minimum atomic E-state index is -3.59. The van der Waals surface area contributed by atoms with Crippen LogP contribution in [-0.4, -0.2) is 38.7 Å². The Balaban J connectivity index is 1.76. The molecule has 0 saturated carbocycles. The van der Waals surface area contributed by atoms with Crippen molar-refractivity contribution < 1.29 is 17.9 Å². The Bertz CT molecular complexity index is 889. The van der Waals surface area contributed by atoms with Crippen LogP contribution >= 0.6 is 0 Å². The minimum Gasteiger partial charge on any atom is -0.497 e. The number of sulfonamides is 1. The predicted molar refractivity (Wildman–Crippen MR) is 105 cm³/mol. The summed E-state index contributed by atoms with van der Waals surface area (Å²) in [5.74, 6) is 0.352. The molecule has 27 heavy (non-hydrogen) atoms. The number of methoxy groups -OCH3 is 1. The first-order valence-corrected chi connectivity index (χ1v) is 10.7. The lowest BCUT2D eigenvalue weighted by molar-refractivity contribution is 0.0872. The maximum absolute atomic E-state index is 13.0. The van der Waals surface area contributed by atoms with E-state index in [2.05, 4.69) is 0 Å². The number of rotatable bonds is 6. The molecule has 6 heteroatoms. The molecular formula is C21H25NO4S. The van der Waals surface area contributed by atoms with Gasteiger partial charge in [0, 0.05) is 24.6 Å². The summed E-state index contributed by atoms with van der Waals surface area (Å²) in [5.41, 5.74) is 1.69. The van der Waals surface area contributed by atoms with Gasteiger partial charge in [0.15, 0.2) is 5.78 Å². The third-order valence-corrected chi connectivity index (χ3v) is 6.98. The first-order chi connectivity index (χ1) is 13.0. The molecule has 1 saturated heterocycles. The maximum atomic E-state index is 13.0. The van der Waals surface area contributed by atoms with E-state index < -0.39 is 10.0 Å². The van der Waals surface area contributed by atoms with E-state index in [4.69, 9.17) is 4.74 Å². The van der Waals surface area contributed by atoms with Crippen molar-refractivity contribution in [2.24, 2.45) is 5.92 Å². The number of benzene rings is 2. The zero-order valence-corrected chi connectivity index (χ0v) is 16.5. The van der Waals surface area contributed by atoms with E-state index in [9.17, 15) is 13.2 Å². The highest BCUT2D eigenvalue weighted by Gasteiger charge is 2.33. The van der Waals surface area contributed by atoms with Crippen LogP contribution in [0.1, 0.15) is 35.7 Å². The summed E-state index contributed by atoms with van der Waals surface area (Å²) < 4.78 is 32.5. The van der Waals surface area contributed by atoms with Gasteiger partial charge < -0.3 is 4.74 Å². The average molecular weight is 388 g/mol. The highest BCUT2D eigenvalue weighted by Crippen LogP contribution is 2.27. The predicted octanol–water partition coefficient (Wildman–Crippen LogP) is 3.54. The molecule has 0 N–H and O–H groups in total. The number of nitrogens with zero attached hydrogens (tertiary/aromatic N) is 1. The van der Waals surface area contributed by atoms with E-state index >= 15 is 0 Å². The van der Waals surface area contributed by atoms with Crippen molar-refractivity contribution in [2.45, 2.75) is 31.1 Å². The van der Waals surface area contributed by atoms with E-state index in [0.717, 1.165) is 12.0 Å². The van der Waals surface area contributed by atoms with Gasteiger partial charge in [-0.25, -0.2) is 8.42 Å². The normalized spacial score (nSPS) is 18.2. The van der Waals surface area contributed by atoms with E-state index in [1.54, 1.807) is 43.5 Å². The van der Waals surface area contributed by atoms with Gasteiger partial charge in [0.25, 0.3) is 0 Å². The number of hydrogen-bond acceptors (Lipinski definition) is 4. The van der Waals surface area contributed by atoms with Crippen molar-refractivity contribution >= 4 is 15.8 Å². The van der Waals surface area contributed by atoms with Gasteiger partial charge in [-0.2, -0.15) is 4.31 Å². The van der Waals surface area contributed by atoms with Gasteiger partial charge in [-0.3, -0.25) is 4.79 Å². The molecule has 1 unspecified atom stereocenters. The van der Waals surface area contributed by atoms with E-state index in [1.165, 1.54) is 4.31 Å². The van der Waals surface area contributed by atoms with Crippen molar-refractivity contribution in [1.82, 2.24) is 4.31 Å². The lowest BCUT2D eigenvalue weighted by Crippen LogP contribution is -2.42. The van der Waals surface area contributed by atoms with Crippen LogP contribution in [0, 0.1) is 5.92 Å². The Morgan fingerprint density at radius 1 is 1.11 bits per heavy atom. The summed E-state index contributed by atoms with van der Waals surface area (Å²) in [6.45, 7) is 2.70. The zero-order valence-electron chi connectivity index (χ0n) is 15.7. The topological polar surface area (TPSA) is 63.7 Å². The molecule has 5 nitrogen and oxygen atoms in total. The van der Waals surface area contributed by atoms with Gasteiger partial charge in [0.1, 0.15) is 5.75 Å². The fourth-order valence-corrected chi connectivity index (χ4v) is 4.94. The molecule has 1 fully saturated rings. The van der Waals surface area contributed by atoms with Crippen LogP contribution in [0.2, 0.25) is 0 Å². The van der Waals surface area contributed by atoms with Crippen LogP contribution in [0.25, 0.3) is 0 Å². The number of ether oxygens (including phenoxy) is 1. The summed E-state index contributed by atoms with van der Waals surface area (Å²) in [6, 6.07) is 14.0. The molecule has 0 radical (unpaired) electrons. The molecule has 2 aromatic rings. The lowest BCUT2D eigenvalue weighted by atomic mass is 9.91. The first kappa shape index (κ1) is 19.6. The summed E-state index contributed by atoms with van der Waals surface area (Å²) in [5, 5.41) is 0. The van der Waals surface area contributed by atoms with E-state index in [0.29, 0.717) is 30.7 Å². The molecule has 144 valence electrons. The molecule has 0 aromatic heterocycles. The van der Waals surface area contributed by atoms with Crippen LogP contribution in [-0.2, 0) is 16.4 Å². The SMILES string of the molecule is CCc1ccc(S(=O)(=O)N2CCCC(C(=O)c3ccc(OC)cc3)C2)cc1. The molecule has 1 aliphatic rings. The number of piperidine rings is 1. The fourth-order valence-electron chi connectivity index (χ4n) is 3.41. The number of carbonyl (C=O) groups is 1. The van der Waals surface area contributed by atoms with Gasteiger partial charge in [-0.05, 0) is 61.2 Å². The Morgan fingerprint density at radius 3 is 2.37 bits per heavy atom. The molecule has 1 atom stereocenters. The molecule has 3 rings (SSSR count). The smallest absolute Gasteiger partial charge is 0.243 e. The van der Waals surface area contributed by atoms with Gasteiger partial charge >= 0.3 is 0 Å². The average Bonchev–Trinajstić information content (AvgIpc) is 2.73. The molecule has 1 aliphatic heterocycles. The minimum absolute atomic E-state index is 0.0149. The summed E-state index contributed by atoms with van der Waals surface area (Å²) in [7, 11) is -2.01. The Morgan fingerprint density at radius 2 is 1.78 bits per heavy atom. The maximum Gasteiger partial charge on any atom is 0.243 e. The Labute approximate surface area is 161 Å². The number of Topliss-reactive ketones (excluding diaryl/α,β-unsaturated/α-hetero) is 1. The molecule has 0 aliphatic carbocycles. The summed E-state index contributed by atoms with van der Waals surface area (Å²) in [4.78, 5) is 13.1.